The molecule has 1 fully saturated rings. The minimum atomic E-state index is 0.871. The minimum Gasteiger partial charge on any atom is -0.179 e. The molecule has 0 bridgehead atoms. The van der Waals surface area contributed by atoms with Crippen molar-refractivity contribution >= 4 is 24.4 Å². The molecule has 15 heavy (non-hydrogen) atoms. The lowest BCUT2D eigenvalue weighted by Crippen LogP contribution is -2.15. The first-order valence-electron chi connectivity index (χ1n) is 6.44. The first kappa shape index (κ1) is 13.8. The molecule has 0 radical (unpaired) electrons. The van der Waals surface area contributed by atoms with Crippen molar-refractivity contribution in [1.29, 1.82) is 0 Å². The van der Waals surface area contributed by atoms with Crippen molar-refractivity contribution in [1.82, 2.24) is 0 Å². The highest BCUT2D eigenvalue weighted by Crippen LogP contribution is 2.32. The highest BCUT2D eigenvalue weighted by atomic mass is 32.2. The van der Waals surface area contributed by atoms with Gasteiger partial charge in [0.15, 0.2) is 0 Å². The number of thiol groups is 1. The molecule has 0 aliphatic heterocycles. The molecule has 0 aromatic rings. The number of hydrogen-bond donors (Lipinski definition) is 1. The Morgan fingerprint density at radius 2 is 2.13 bits per heavy atom. The summed E-state index contributed by atoms with van der Waals surface area (Å²) in [6, 6.07) is 0. The zero-order chi connectivity index (χ0) is 11.1. The summed E-state index contributed by atoms with van der Waals surface area (Å²) in [6.45, 7) is 4.77. The normalized spacial score (nSPS) is 29.0. The summed E-state index contributed by atoms with van der Waals surface area (Å²) in [5, 5.41) is 0.969. The Balaban J connectivity index is 2.03. The fraction of sp³-hybridized carbons (Fsp3) is 1.00. The number of hydrogen-bond acceptors (Lipinski definition) is 2. The molecule has 1 aliphatic rings. The second-order valence-corrected chi connectivity index (χ2v) is 7.03. The van der Waals surface area contributed by atoms with Gasteiger partial charge >= 0.3 is 0 Å². The maximum Gasteiger partial charge on any atom is 0.00495 e. The van der Waals surface area contributed by atoms with Gasteiger partial charge < -0.3 is 0 Å². The standard InChI is InChI=1S/C13H26S2/c1-11(6-8-14)7-9-15-13-5-3-4-12(2)10-13/h11-14H,3-10H2,1-2H3. The Kier molecular flexibility index (Phi) is 7.24. The Hall–Kier alpha value is 0.700. The third-order valence-electron chi connectivity index (χ3n) is 3.47. The zero-order valence-electron chi connectivity index (χ0n) is 10.2. The summed E-state index contributed by atoms with van der Waals surface area (Å²) in [5.74, 6) is 4.26. The van der Waals surface area contributed by atoms with Crippen LogP contribution in [-0.4, -0.2) is 16.8 Å². The summed E-state index contributed by atoms with van der Waals surface area (Å²) in [5.41, 5.74) is 0. The van der Waals surface area contributed by atoms with E-state index in [1.165, 1.54) is 44.3 Å². The lowest BCUT2D eigenvalue weighted by atomic mass is 9.91. The van der Waals surface area contributed by atoms with Crippen molar-refractivity contribution in [2.75, 3.05) is 11.5 Å². The molecule has 2 heteroatoms. The van der Waals surface area contributed by atoms with Gasteiger partial charge in [-0.15, -0.1) is 0 Å². The third kappa shape index (κ3) is 6.11. The van der Waals surface area contributed by atoms with Crippen molar-refractivity contribution < 1.29 is 0 Å². The predicted molar refractivity (Wildman–Crippen MR) is 76.1 cm³/mol. The Labute approximate surface area is 105 Å². The van der Waals surface area contributed by atoms with Crippen LogP contribution in [0, 0.1) is 11.8 Å². The SMILES string of the molecule is CC(CCS)CCSC1CCCC(C)C1. The van der Waals surface area contributed by atoms with Crippen LogP contribution >= 0.6 is 24.4 Å². The molecular weight excluding hydrogens is 220 g/mol. The van der Waals surface area contributed by atoms with Crippen molar-refractivity contribution in [3.8, 4) is 0 Å². The smallest absolute Gasteiger partial charge is 0.00495 e. The van der Waals surface area contributed by atoms with Crippen molar-refractivity contribution in [3.05, 3.63) is 0 Å². The van der Waals surface area contributed by atoms with E-state index >= 15 is 0 Å². The maximum absolute atomic E-state index is 4.29. The Morgan fingerprint density at radius 3 is 2.80 bits per heavy atom. The van der Waals surface area contributed by atoms with Gasteiger partial charge in [-0.2, -0.15) is 24.4 Å². The fourth-order valence-corrected chi connectivity index (χ4v) is 4.44. The van der Waals surface area contributed by atoms with E-state index in [1.54, 1.807) is 0 Å². The summed E-state index contributed by atoms with van der Waals surface area (Å²) in [7, 11) is 0. The molecule has 0 saturated heterocycles. The van der Waals surface area contributed by atoms with Crippen molar-refractivity contribution in [2.24, 2.45) is 11.8 Å². The molecule has 0 heterocycles. The second-order valence-electron chi connectivity index (χ2n) is 5.17. The van der Waals surface area contributed by atoms with Gasteiger partial charge in [-0.25, -0.2) is 0 Å². The van der Waals surface area contributed by atoms with Crippen LogP contribution in [0.4, 0.5) is 0 Å². The summed E-state index contributed by atoms with van der Waals surface area (Å²) < 4.78 is 0. The van der Waals surface area contributed by atoms with E-state index in [-0.39, 0.29) is 0 Å². The van der Waals surface area contributed by atoms with Crippen LogP contribution in [0.3, 0.4) is 0 Å². The van der Waals surface area contributed by atoms with Gasteiger partial charge in [0.25, 0.3) is 0 Å². The molecule has 0 aromatic carbocycles. The summed E-state index contributed by atoms with van der Waals surface area (Å²) in [4.78, 5) is 0. The molecule has 0 N–H and O–H groups in total. The van der Waals surface area contributed by atoms with E-state index in [4.69, 9.17) is 0 Å². The Morgan fingerprint density at radius 1 is 1.33 bits per heavy atom. The average Bonchev–Trinajstić information content (AvgIpc) is 2.18. The zero-order valence-corrected chi connectivity index (χ0v) is 12.0. The minimum absolute atomic E-state index is 0.871. The lowest BCUT2D eigenvalue weighted by Gasteiger charge is -2.26. The first-order valence-corrected chi connectivity index (χ1v) is 8.13. The number of rotatable bonds is 6. The molecule has 3 atom stereocenters. The van der Waals surface area contributed by atoms with Gasteiger partial charge in [0, 0.05) is 5.25 Å². The lowest BCUT2D eigenvalue weighted by molar-refractivity contribution is 0.394. The topological polar surface area (TPSA) is 0 Å². The van der Waals surface area contributed by atoms with Crippen LogP contribution in [0.2, 0.25) is 0 Å². The largest absolute Gasteiger partial charge is 0.179 e. The molecule has 0 nitrogen and oxygen atoms in total. The van der Waals surface area contributed by atoms with Crippen molar-refractivity contribution in [2.45, 2.75) is 57.6 Å². The van der Waals surface area contributed by atoms with E-state index in [9.17, 15) is 0 Å². The third-order valence-corrected chi connectivity index (χ3v) is 5.10. The van der Waals surface area contributed by atoms with Gasteiger partial charge in [-0.3, -0.25) is 0 Å². The van der Waals surface area contributed by atoms with Crippen LogP contribution in [0.15, 0.2) is 0 Å². The summed E-state index contributed by atoms with van der Waals surface area (Å²) in [6.07, 6.45) is 8.53. The molecule has 3 unspecified atom stereocenters. The highest BCUT2D eigenvalue weighted by molar-refractivity contribution is 7.99. The van der Waals surface area contributed by atoms with Crippen LogP contribution in [0.5, 0.6) is 0 Å². The molecular formula is C13H26S2. The first-order chi connectivity index (χ1) is 7.22. The van der Waals surface area contributed by atoms with E-state index in [0.717, 1.165) is 22.8 Å². The van der Waals surface area contributed by atoms with Gasteiger partial charge in [0.05, 0.1) is 0 Å². The maximum atomic E-state index is 4.29. The second kappa shape index (κ2) is 7.89. The van der Waals surface area contributed by atoms with Gasteiger partial charge in [-0.05, 0) is 49.0 Å². The molecule has 0 spiro atoms. The molecule has 0 aromatic heterocycles. The monoisotopic (exact) mass is 246 g/mol. The van der Waals surface area contributed by atoms with Gasteiger partial charge in [0.1, 0.15) is 0 Å². The average molecular weight is 246 g/mol. The summed E-state index contributed by atoms with van der Waals surface area (Å²) >= 11 is 6.52. The van der Waals surface area contributed by atoms with E-state index in [2.05, 4.69) is 38.2 Å². The van der Waals surface area contributed by atoms with Crippen LogP contribution in [-0.2, 0) is 0 Å². The number of thioether (sulfide) groups is 1. The van der Waals surface area contributed by atoms with E-state index in [1.807, 2.05) is 0 Å². The van der Waals surface area contributed by atoms with Crippen molar-refractivity contribution in [3.63, 3.8) is 0 Å². The quantitative estimate of drug-likeness (QED) is 0.666. The molecule has 1 aliphatic carbocycles. The van der Waals surface area contributed by atoms with Crippen LogP contribution < -0.4 is 0 Å². The molecule has 1 saturated carbocycles. The fourth-order valence-electron chi connectivity index (χ4n) is 2.33. The van der Waals surface area contributed by atoms with E-state index in [0.29, 0.717) is 0 Å². The van der Waals surface area contributed by atoms with E-state index < -0.39 is 0 Å². The molecule has 90 valence electrons. The van der Waals surface area contributed by atoms with Gasteiger partial charge in [-0.1, -0.05) is 26.7 Å². The van der Waals surface area contributed by atoms with Gasteiger partial charge in [0.2, 0.25) is 0 Å². The predicted octanol–water partition coefficient (Wildman–Crippen LogP) is 4.64. The molecule has 0 amide bonds. The van der Waals surface area contributed by atoms with Crippen LogP contribution in [0.25, 0.3) is 0 Å². The Bertz CT molecular complexity index is 159. The highest BCUT2D eigenvalue weighted by Gasteiger charge is 2.18. The van der Waals surface area contributed by atoms with Crippen LogP contribution in [0.1, 0.15) is 52.4 Å². The molecule has 1 rings (SSSR count).